The molecule has 0 aromatic rings. The zero-order chi connectivity index (χ0) is 12.5. The lowest BCUT2D eigenvalue weighted by molar-refractivity contribution is -0.129. The predicted octanol–water partition coefficient (Wildman–Crippen LogP) is 0.925. The molecule has 0 saturated heterocycles. The van der Waals surface area contributed by atoms with Crippen LogP contribution in [0.15, 0.2) is 0 Å². The first-order valence-electron chi connectivity index (χ1n) is 6.72. The third kappa shape index (κ3) is 2.63. The summed E-state index contributed by atoms with van der Waals surface area (Å²) in [5.41, 5.74) is 4.93. The van der Waals surface area contributed by atoms with Crippen LogP contribution in [-0.4, -0.2) is 28.7 Å². The fourth-order valence-corrected chi connectivity index (χ4v) is 2.80. The summed E-state index contributed by atoms with van der Waals surface area (Å²) in [6.07, 6.45) is 7.18. The quantitative estimate of drug-likeness (QED) is 0.684. The van der Waals surface area contributed by atoms with E-state index < -0.39 is 11.1 Å². The average molecular weight is 240 g/mol. The summed E-state index contributed by atoms with van der Waals surface area (Å²) in [5, 5.41) is 12.6. The van der Waals surface area contributed by atoms with E-state index >= 15 is 0 Å². The Morgan fingerprint density at radius 2 is 2.00 bits per heavy atom. The lowest BCUT2D eigenvalue weighted by Crippen LogP contribution is -2.61. The Balaban J connectivity index is 2.00. The van der Waals surface area contributed by atoms with Crippen molar-refractivity contribution >= 4 is 5.91 Å². The fourth-order valence-electron chi connectivity index (χ4n) is 2.80. The Morgan fingerprint density at radius 3 is 2.47 bits per heavy atom. The van der Waals surface area contributed by atoms with E-state index in [2.05, 4.69) is 5.32 Å². The second kappa shape index (κ2) is 4.58. The van der Waals surface area contributed by atoms with Crippen LogP contribution in [-0.2, 0) is 4.79 Å². The number of hydrogen-bond donors (Lipinski definition) is 3. The van der Waals surface area contributed by atoms with Crippen molar-refractivity contribution < 1.29 is 9.90 Å². The second-order valence-electron chi connectivity index (χ2n) is 6.01. The van der Waals surface area contributed by atoms with E-state index in [1.165, 1.54) is 6.42 Å². The van der Waals surface area contributed by atoms with E-state index in [-0.39, 0.29) is 12.5 Å². The van der Waals surface area contributed by atoms with Gasteiger partial charge in [-0.1, -0.05) is 19.3 Å². The van der Waals surface area contributed by atoms with Crippen LogP contribution in [0.25, 0.3) is 0 Å². The number of carbonyl (C=O) groups is 1. The molecule has 2 aliphatic rings. The summed E-state index contributed by atoms with van der Waals surface area (Å²) in [7, 11) is 0. The molecule has 0 bridgehead atoms. The topological polar surface area (TPSA) is 75.4 Å². The highest BCUT2D eigenvalue weighted by atomic mass is 16.3. The van der Waals surface area contributed by atoms with E-state index in [1.807, 2.05) is 6.92 Å². The number of aliphatic hydroxyl groups excluding tert-OH is 1. The highest BCUT2D eigenvalue weighted by molar-refractivity contribution is 5.87. The number of nitrogens with one attached hydrogen (secondary N) is 1. The van der Waals surface area contributed by atoms with Crippen LogP contribution in [0, 0.1) is 5.92 Å². The van der Waals surface area contributed by atoms with Crippen molar-refractivity contribution in [2.45, 2.75) is 62.9 Å². The first-order valence-corrected chi connectivity index (χ1v) is 6.72. The van der Waals surface area contributed by atoms with Crippen molar-refractivity contribution in [1.29, 1.82) is 0 Å². The van der Waals surface area contributed by atoms with Crippen LogP contribution in [0.2, 0.25) is 0 Å². The molecule has 0 aromatic heterocycles. The van der Waals surface area contributed by atoms with Gasteiger partial charge in [-0.15, -0.1) is 0 Å². The minimum absolute atomic E-state index is 0.0273. The van der Waals surface area contributed by atoms with Crippen molar-refractivity contribution in [2.24, 2.45) is 11.7 Å². The Hall–Kier alpha value is -0.610. The van der Waals surface area contributed by atoms with Crippen molar-refractivity contribution in [2.75, 3.05) is 6.61 Å². The van der Waals surface area contributed by atoms with Gasteiger partial charge in [-0.05, 0) is 38.5 Å². The molecule has 0 heterocycles. The minimum Gasteiger partial charge on any atom is -0.394 e. The molecule has 1 amide bonds. The van der Waals surface area contributed by atoms with Gasteiger partial charge >= 0.3 is 0 Å². The Kier molecular flexibility index (Phi) is 3.46. The number of rotatable bonds is 4. The van der Waals surface area contributed by atoms with Gasteiger partial charge in [-0.25, -0.2) is 0 Å². The zero-order valence-corrected chi connectivity index (χ0v) is 10.7. The SMILES string of the molecule is CC(N)(C(=O)NC1(CO)CCCCC1)C1CC1. The summed E-state index contributed by atoms with van der Waals surface area (Å²) in [4.78, 5) is 12.2. The number of hydrogen-bond acceptors (Lipinski definition) is 3. The third-order valence-corrected chi connectivity index (χ3v) is 4.41. The molecule has 0 aromatic carbocycles. The van der Waals surface area contributed by atoms with Gasteiger partial charge in [-0.2, -0.15) is 0 Å². The number of nitrogens with two attached hydrogens (primary N) is 1. The molecule has 2 rings (SSSR count). The molecule has 0 radical (unpaired) electrons. The van der Waals surface area contributed by atoms with Gasteiger partial charge in [0.15, 0.2) is 0 Å². The largest absolute Gasteiger partial charge is 0.394 e. The van der Waals surface area contributed by atoms with Gasteiger partial charge in [0.25, 0.3) is 0 Å². The molecule has 0 spiro atoms. The average Bonchev–Trinajstić information content (AvgIpc) is 3.14. The summed E-state index contributed by atoms with van der Waals surface area (Å²) in [5.74, 6) is 0.234. The van der Waals surface area contributed by atoms with Crippen LogP contribution >= 0.6 is 0 Å². The molecule has 1 unspecified atom stereocenters. The lowest BCUT2D eigenvalue weighted by Gasteiger charge is -2.39. The molecule has 4 N–H and O–H groups in total. The number of amides is 1. The maximum Gasteiger partial charge on any atom is 0.240 e. The molecule has 2 fully saturated rings. The summed E-state index contributed by atoms with van der Waals surface area (Å²) in [6, 6.07) is 0. The number of carbonyl (C=O) groups excluding carboxylic acids is 1. The molecular weight excluding hydrogens is 216 g/mol. The van der Waals surface area contributed by atoms with Crippen LogP contribution in [0.1, 0.15) is 51.9 Å². The van der Waals surface area contributed by atoms with E-state index in [1.54, 1.807) is 0 Å². The van der Waals surface area contributed by atoms with Crippen LogP contribution in [0.4, 0.5) is 0 Å². The maximum atomic E-state index is 12.2. The standard InChI is InChI=1S/C13H24N2O2/c1-12(14,10-5-6-10)11(17)15-13(9-16)7-3-2-4-8-13/h10,16H,2-9,14H2,1H3,(H,15,17). The molecule has 0 aliphatic heterocycles. The van der Waals surface area contributed by atoms with Gasteiger partial charge in [0.05, 0.1) is 17.7 Å². The predicted molar refractivity (Wildman–Crippen MR) is 66.4 cm³/mol. The van der Waals surface area contributed by atoms with Crippen LogP contribution in [0.5, 0.6) is 0 Å². The third-order valence-electron chi connectivity index (χ3n) is 4.41. The number of aliphatic hydroxyl groups is 1. The Labute approximate surface area is 103 Å². The first kappa shape index (κ1) is 12.8. The summed E-state index contributed by atoms with van der Waals surface area (Å²) in [6.45, 7) is 1.84. The molecule has 2 saturated carbocycles. The smallest absolute Gasteiger partial charge is 0.240 e. The minimum atomic E-state index is -0.764. The first-order chi connectivity index (χ1) is 8.00. The molecule has 4 nitrogen and oxygen atoms in total. The molecular formula is C13H24N2O2. The summed E-state index contributed by atoms with van der Waals surface area (Å²) >= 11 is 0. The fraction of sp³-hybridized carbons (Fsp3) is 0.923. The van der Waals surface area contributed by atoms with E-state index in [0.717, 1.165) is 38.5 Å². The molecule has 98 valence electrons. The van der Waals surface area contributed by atoms with Crippen LogP contribution < -0.4 is 11.1 Å². The van der Waals surface area contributed by atoms with E-state index in [0.29, 0.717) is 5.92 Å². The van der Waals surface area contributed by atoms with E-state index in [4.69, 9.17) is 5.73 Å². The normalized spacial score (nSPS) is 27.2. The second-order valence-corrected chi connectivity index (χ2v) is 6.01. The highest BCUT2D eigenvalue weighted by Gasteiger charge is 2.46. The van der Waals surface area contributed by atoms with E-state index in [9.17, 15) is 9.90 Å². The van der Waals surface area contributed by atoms with Gasteiger partial charge < -0.3 is 16.2 Å². The van der Waals surface area contributed by atoms with Gasteiger partial charge in [-0.3, -0.25) is 4.79 Å². The zero-order valence-electron chi connectivity index (χ0n) is 10.7. The monoisotopic (exact) mass is 240 g/mol. The van der Waals surface area contributed by atoms with Gasteiger partial charge in [0.2, 0.25) is 5.91 Å². The Morgan fingerprint density at radius 1 is 1.41 bits per heavy atom. The highest BCUT2D eigenvalue weighted by Crippen LogP contribution is 2.39. The molecule has 4 heteroatoms. The lowest BCUT2D eigenvalue weighted by atomic mass is 9.81. The van der Waals surface area contributed by atoms with Crippen LogP contribution in [0.3, 0.4) is 0 Å². The van der Waals surface area contributed by atoms with Crippen molar-refractivity contribution in [1.82, 2.24) is 5.32 Å². The van der Waals surface area contributed by atoms with Crippen molar-refractivity contribution in [3.8, 4) is 0 Å². The Bertz CT molecular complexity index is 292. The molecule has 1 atom stereocenters. The van der Waals surface area contributed by atoms with Crippen molar-refractivity contribution in [3.05, 3.63) is 0 Å². The summed E-state index contributed by atoms with van der Waals surface area (Å²) < 4.78 is 0. The van der Waals surface area contributed by atoms with Gasteiger partial charge in [0.1, 0.15) is 0 Å². The van der Waals surface area contributed by atoms with Gasteiger partial charge in [0, 0.05) is 0 Å². The molecule has 2 aliphatic carbocycles. The maximum absolute atomic E-state index is 12.2. The van der Waals surface area contributed by atoms with Crippen molar-refractivity contribution in [3.63, 3.8) is 0 Å². The molecule has 17 heavy (non-hydrogen) atoms.